The summed E-state index contributed by atoms with van der Waals surface area (Å²) in [6.45, 7) is -0.620. The third-order valence-electron chi connectivity index (χ3n) is 7.62. The number of aromatic nitrogens is 3. The topological polar surface area (TPSA) is 154 Å². The molecule has 13 heteroatoms. The summed E-state index contributed by atoms with van der Waals surface area (Å²) in [5, 5.41) is 50.0. The van der Waals surface area contributed by atoms with Gasteiger partial charge in [0, 0.05) is 23.4 Å². The third-order valence-corrected chi connectivity index (χ3v) is 7.84. The first-order valence-corrected chi connectivity index (χ1v) is 13.5. The number of nitriles is 1. The number of nitrogens with zero attached hydrogens (tertiary/aromatic N) is 5. The Kier molecular flexibility index (Phi) is 8.65. The van der Waals surface area contributed by atoms with Crippen LogP contribution in [0, 0.1) is 17.1 Å². The van der Waals surface area contributed by atoms with E-state index in [1.54, 1.807) is 6.07 Å². The molecule has 1 saturated heterocycles. The maximum atomic E-state index is 14.4. The zero-order valence-electron chi connectivity index (χ0n) is 22.0. The number of anilines is 1. The lowest BCUT2D eigenvalue weighted by Gasteiger charge is -2.45. The van der Waals surface area contributed by atoms with E-state index >= 15 is 0 Å². The average molecular weight is 586 g/mol. The first kappa shape index (κ1) is 29.1. The van der Waals surface area contributed by atoms with Crippen LogP contribution in [0.25, 0.3) is 11.3 Å². The van der Waals surface area contributed by atoms with Crippen molar-refractivity contribution in [1.29, 1.82) is 5.26 Å². The maximum absolute atomic E-state index is 14.4. The van der Waals surface area contributed by atoms with E-state index in [1.165, 1.54) is 59.3 Å². The quantitative estimate of drug-likeness (QED) is 0.379. The second-order valence-electron chi connectivity index (χ2n) is 10.1. The minimum absolute atomic E-state index is 0.222. The van der Waals surface area contributed by atoms with E-state index in [1.807, 2.05) is 6.07 Å². The molecular weight excluding hydrogens is 557 g/mol. The van der Waals surface area contributed by atoms with Crippen LogP contribution < -0.4 is 4.90 Å². The van der Waals surface area contributed by atoms with Crippen LogP contribution in [-0.4, -0.2) is 86.5 Å². The Bertz CT molecular complexity index is 1450. The number of ether oxygens (including phenoxy) is 2. The van der Waals surface area contributed by atoms with Gasteiger partial charge in [-0.15, -0.1) is 5.10 Å². The third kappa shape index (κ3) is 5.70. The smallest absolute Gasteiger partial charge is 0.259 e. The number of carbonyl (C=O) groups excluding carboxylic acids is 1. The molecule has 3 aromatic rings. The van der Waals surface area contributed by atoms with Gasteiger partial charge in [-0.25, -0.2) is 9.07 Å². The molecule has 0 radical (unpaired) electrons. The maximum Gasteiger partial charge on any atom is 0.259 e. The van der Waals surface area contributed by atoms with Crippen LogP contribution in [0.3, 0.4) is 0 Å². The monoisotopic (exact) mass is 585 g/mol. The highest BCUT2D eigenvalue weighted by atomic mass is 35.5. The molecule has 41 heavy (non-hydrogen) atoms. The molecule has 2 heterocycles. The highest BCUT2D eigenvalue weighted by Crippen LogP contribution is 2.37. The van der Waals surface area contributed by atoms with Gasteiger partial charge in [0.15, 0.2) is 6.10 Å². The molecule has 1 aliphatic carbocycles. The van der Waals surface area contributed by atoms with Crippen molar-refractivity contribution in [2.45, 2.75) is 61.9 Å². The van der Waals surface area contributed by atoms with Crippen LogP contribution in [0.1, 0.15) is 30.9 Å². The van der Waals surface area contributed by atoms with Crippen molar-refractivity contribution in [3.05, 3.63) is 65.1 Å². The molecule has 5 unspecified atom stereocenters. The van der Waals surface area contributed by atoms with E-state index in [2.05, 4.69) is 10.3 Å². The van der Waals surface area contributed by atoms with Crippen LogP contribution >= 0.6 is 11.6 Å². The number of carbonyl (C=O) groups is 1. The summed E-state index contributed by atoms with van der Waals surface area (Å²) < 4.78 is 26.8. The van der Waals surface area contributed by atoms with Crippen molar-refractivity contribution in [3.63, 3.8) is 0 Å². The van der Waals surface area contributed by atoms with Gasteiger partial charge in [0.05, 0.1) is 36.6 Å². The van der Waals surface area contributed by atoms with E-state index < -0.39 is 60.9 Å². The van der Waals surface area contributed by atoms with Crippen molar-refractivity contribution in [2.75, 3.05) is 18.6 Å². The summed E-state index contributed by atoms with van der Waals surface area (Å²) in [6.07, 6.45) is -2.78. The number of rotatable bonds is 7. The van der Waals surface area contributed by atoms with Crippen LogP contribution in [-0.2, 0) is 14.3 Å². The Morgan fingerprint density at radius 3 is 2.76 bits per heavy atom. The van der Waals surface area contributed by atoms with Gasteiger partial charge < -0.3 is 29.7 Å². The number of hydrogen-bond acceptors (Lipinski definition) is 9. The van der Waals surface area contributed by atoms with Crippen molar-refractivity contribution in [1.82, 2.24) is 15.0 Å². The molecule has 3 N–H and O–H groups in total. The molecular formula is C28H29ClFN5O6. The van der Waals surface area contributed by atoms with Crippen molar-refractivity contribution >= 4 is 23.2 Å². The Balaban J connectivity index is 1.55. The summed E-state index contributed by atoms with van der Waals surface area (Å²) >= 11 is 6.28. The predicted octanol–water partition coefficient (Wildman–Crippen LogP) is 2.23. The second-order valence-corrected chi connectivity index (χ2v) is 10.6. The number of aliphatic hydroxyl groups is 3. The Morgan fingerprint density at radius 2 is 2.10 bits per heavy atom. The van der Waals surface area contributed by atoms with Gasteiger partial charge in [0.25, 0.3) is 5.91 Å². The molecule has 0 spiro atoms. The number of amides is 1. The SMILES string of the molecule is COC1C(C(=O)N(c2cc(Cl)cc(C#N)c2)[C@@H]2CCC[C@H]2O)OC(CO)C(O)C1n1cc(-c2cccc(F)c2)nn1. The zero-order chi connectivity index (χ0) is 29.3. The zero-order valence-corrected chi connectivity index (χ0v) is 22.8. The van der Waals surface area contributed by atoms with Gasteiger partial charge in [0.2, 0.25) is 0 Å². The number of halogens is 2. The van der Waals surface area contributed by atoms with E-state index in [9.17, 15) is 29.8 Å². The van der Waals surface area contributed by atoms with Crippen LogP contribution in [0.2, 0.25) is 5.02 Å². The number of aliphatic hydroxyl groups excluding tert-OH is 3. The largest absolute Gasteiger partial charge is 0.394 e. The second kappa shape index (κ2) is 12.2. The molecule has 2 fully saturated rings. The minimum Gasteiger partial charge on any atom is -0.394 e. The fourth-order valence-electron chi connectivity index (χ4n) is 5.68. The minimum atomic E-state index is -1.37. The lowest BCUT2D eigenvalue weighted by Crippen LogP contribution is -2.62. The normalized spacial score (nSPS) is 27.9. The van der Waals surface area contributed by atoms with Crippen LogP contribution in [0.15, 0.2) is 48.7 Å². The highest BCUT2D eigenvalue weighted by molar-refractivity contribution is 6.31. The van der Waals surface area contributed by atoms with Crippen LogP contribution in [0.5, 0.6) is 0 Å². The number of benzene rings is 2. The molecule has 2 aromatic carbocycles. The van der Waals surface area contributed by atoms with Gasteiger partial charge in [-0.2, -0.15) is 5.26 Å². The van der Waals surface area contributed by atoms with E-state index in [0.29, 0.717) is 36.2 Å². The van der Waals surface area contributed by atoms with Gasteiger partial charge in [-0.1, -0.05) is 28.9 Å². The number of hydrogen-bond donors (Lipinski definition) is 3. The Morgan fingerprint density at radius 1 is 1.29 bits per heavy atom. The predicted molar refractivity (Wildman–Crippen MR) is 144 cm³/mol. The molecule has 2 aliphatic rings. The fourth-order valence-corrected chi connectivity index (χ4v) is 5.91. The van der Waals surface area contributed by atoms with Crippen LogP contribution in [0.4, 0.5) is 10.1 Å². The van der Waals surface area contributed by atoms with E-state index in [-0.39, 0.29) is 10.6 Å². The molecule has 11 nitrogen and oxygen atoms in total. The summed E-state index contributed by atoms with van der Waals surface area (Å²) in [4.78, 5) is 15.7. The summed E-state index contributed by atoms with van der Waals surface area (Å²) in [5.41, 5.74) is 1.29. The van der Waals surface area contributed by atoms with Crippen molar-refractivity contribution < 1.29 is 34.0 Å². The standard InChI is InChI=1S/C28H29ClFN5O6/c1-40-26-24(34-13-20(32-33-34)16-4-2-5-18(30)10-16)25(38)23(14-36)41-27(26)28(39)35(21-6-3-7-22(21)37)19-9-15(12-31)8-17(29)11-19/h2,4-5,8-11,13,21-27,36-38H,3,6-7,14H2,1H3/t21-,22-,23?,24?,25?,26?,27?/m1/s1. The van der Waals surface area contributed by atoms with E-state index in [0.717, 1.165) is 0 Å². The lowest BCUT2D eigenvalue weighted by molar-refractivity contribution is -0.211. The first-order valence-electron chi connectivity index (χ1n) is 13.1. The molecule has 0 bridgehead atoms. The average Bonchev–Trinajstić information content (AvgIpc) is 3.62. The lowest BCUT2D eigenvalue weighted by atomic mass is 9.91. The molecule has 7 atom stereocenters. The first-order chi connectivity index (χ1) is 19.7. The molecule has 1 aliphatic heterocycles. The summed E-state index contributed by atoms with van der Waals surface area (Å²) in [7, 11) is 1.35. The Hall–Kier alpha value is -3.44. The van der Waals surface area contributed by atoms with Crippen molar-refractivity contribution in [3.8, 4) is 17.3 Å². The molecule has 1 saturated carbocycles. The molecule has 1 aromatic heterocycles. The Labute approximate surface area is 240 Å². The highest BCUT2D eigenvalue weighted by Gasteiger charge is 2.52. The van der Waals surface area contributed by atoms with Gasteiger partial charge >= 0.3 is 0 Å². The summed E-state index contributed by atoms with van der Waals surface area (Å²) in [6, 6.07) is 10.6. The molecule has 1 amide bonds. The molecule has 216 valence electrons. The molecule has 5 rings (SSSR count). The van der Waals surface area contributed by atoms with Gasteiger partial charge in [-0.3, -0.25) is 4.79 Å². The van der Waals surface area contributed by atoms with Gasteiger partial charge in [-0.05, 0) is 49.6 Å². The fraction of sp³-hybridized carbons (Fsp3) is 0.429. The van der Waals surface area contributed by atoms with Gasteiger partial charge in [0.1, 0.15) is 35.9 Å². The van der Waals surface area contributed by atoms with E-state index in [4.69, 9.17) is 21.1 Å². The summed E-state index contributed by atoms with van der Waals surface area (Å²) in [5.74, 6) is -1.08. The number of methoxy groups -OCH3 is 1. The van der Waals surface area contributed by atoms with Crippen molar-refractivity contribution in [2.24, 2.45) is 0 Å².